The number of likely N-dealkylation sites (tertiary alicyclic amines) is 1. The van der Waals surface area contributed by atoms with Crippen molar-refractivity contribution in [3.8, 4) is 0 Å². The van der Waals surface area contributed by atoms with Crippen molar-refractivity contribution in [2.24, 2.45) is 5.92 Å². The molecule has 2 heterocycles. The Bertz CT molecular complexity index is 406. The van der Waals surface area contributed by atoms with Crippen molar-refractivity contribution in [2.75, 3.05) is 19.0 Å². The zero-order chi connectivity index (χ0) is 12.4. The summed E-state index contributed by atoms with van der Waals surface area (Å²) in [4.78, 5) is 14.2. The number of alkyl halides is 1. The Balaban J connectivity index is 2.04. The van der Waals surface area contributed by atoms with Gasteiger partial charge in [-0.1, -0.05) is 0 Å². The van der Waals surface area contributed by atoms with Crippen LogP contribution in [0.4, 0.5) is 0 Å². The molecule has 0 atom stereocenters. The normalized spacial score (nSPS) is 17.5. The van der Waals surface area contributed by atoms with Gasteiger partial charge >= 0.3 is 0 Å². The Labute approximate surface area is 107 Å². The van der Waals surface area contributed by atoms with Gasteiger partial charge in [-0.2, -0.15) is 0 Å². The topological polar surface area (TPSA) is 33.5 Å². The first kappa shape index (κ1) is 12.5. The second-order valence-corrected chi connectivity index (χ2v) is 5.03. The summed E-state index contributed by atoms with van der Waals surface area (Å²) in [5, 5.41) is 0. The summed E-state index contributed by atoms with van der Waals surface area (Å²) in [6.45, 7) is 5.31. The van der Waals surface area contributed by atoms with Crippen LogP contribution in [0.2, 0.25) is 0 Å². The van der Waals surface area contributed by atoms with Crippen LogP contribution in [0.25, 0.3) is 0 Å². The van der Waals surface area contributed by atoms with Gasteiger partial charge < -0.3 is 9.32 Å². The van der Waals surface area contributed by atoms with Gasteiger partial charge in [-0.3, -0.25) is 4.79 Å². The van der Waals surface area contributed by atoms with E-state index < -0.39 is 0 Å². The molecule has 0 radical (unpaired) electrons. The molecule has 94 valence electrons. The summed E-state index contributed by atoms with van der Waals surface area (Å²) in [5.74, 6) is 2.86. The van der Waals surface area contributed by atoms with Crippen molar-refractivity contribution in [1.29, 1.82) is 0 Å². The van der Waals surface area contributed by atoms with E-state index in [1.54, 1.807) is 0 Å². The molecule has 2 rings (SSSR count). The van der Waals surface area contributed by atoms with Gasteiger partial charge in [0.15, 0.2) is 0 Å². The summed E-state index contributed by atoms with van der Waals surface area (Å²) in [7, 11) is 0. The Kier molecular flexibility index (Phi) is 3.77. The van der Waals surface area contributed by atoms with E-state index in [4.69, 9.17) is 16.0 Å². The molecule has 1 aliphatic heterocycles. The van der Waals surface area contributed by atoms with E-state index in [0.29, 0.717) is 23.1 Å². The molecule has 0 bridgehead atoms. The van der Waals surface area contributed by atoms with Gasteiger partial charge in [0, 0.05) is 19.0 Å². The quantitative estimate of drug-likeness (QED) is 0.762. The number of furan rings is 1. The van der Waals surface area contributed by atoms with E-state index in [1.807, 2.05) is 24.8 Å². The SMILES string of the molecule is Cc1cc(C(=O)N2CCC(CCl)CC2)c(C)o1. The molecule has 4 heteroatoms. The molecule has 1 aliphatic rings. The Morgan fingerprint density at radius 1 is 1.47 bits per heavy atom. The number of carbonyl (C=O) groups is 1. The molecular weight excluding hydrogens is 238 g/mol. The Morgan fingerprint density at radius 2 is 2.12 bits per heavy atom. The molecule has 1 amide bonds. The third-order valence-corrected chi connectivity index (χ3v) is 3.83. The first-order valence-electron chi connectivity index (χ1n) is 6.04. The van der Waals surface area contributed by atoms with Crippen LogP contribution in [-0.2, 0) is 0 Å². The lowest BCUT2D eigenvalue weighted by Gasteiger charge is -2.30. The third-order valence-electron chi connectivity index (χ3n) is 3.39. The number of carbonyl (C=O) groups excluding carboxylic acids is 1. The predicted molar refractivity (Wildman–Crippen MR) is 67.5 cm³/mol. The third kappa shape index (κ3) is 2.65. The van der Waals surface area contributed by atoms with Crippen molar-refractivity contribution in [1.82, 2.24) is 4.90 Å². The lowest BCUT2D eigenvalue weighted by atomic mass is 9.98. The molecule has 0 unspecified atom stereocenters. The number of nitrogens with zero attached hydrogens (tertiary/aromatic N) is 1. The number of rotatable bonds is 2. The van der Waals surface area contributed by atoms with E-state index in [0.717, 1.165) is 31.7 Å². The number of aryl methyl sites for hydroxylation is 2. The number of hydrogen-bond donors (Lipinski definition) is 0. The molecule has 3 nitrogen and oxygen atoms in total. The van der Waals surface area contributed by atoms with Gasteiger partial charge in [-0.15, -0.1) is 11.6 Å². The van der Waals surface area contributed by atoms with Crippen LogP contribution in [0.5, 0.6) is 0 Å². The van der Waals surface area contributed by atoms with Crippen LogP contribution < -0.4 is 0 Å². The molecule has 1 aromatic rings. The first-order valence-corrected chi connectivity index (χ1v) is 6.57. The van der Waals surface area contributed by atoms with Crippen molar-refractivity contribution in [3.63, 3.8) is 0 Å². The zero-order valence-electron chi connectivity index (χ0n) is 10.3. The second-order valence-electron chi connectivity index (χ2n) is 4.72. The summed E-state index contributed by atoms with van der Waals surface area (Å²) in [5.41, 5.74) is 0.701. The maximum absolute atomic E-state index is 12.3. The highest BCUT2D eigenvalue weighted by Crippen LogP contribution is 2.22. The van der Waals surface area contributed by atoms with Crippen LogP contribution in [0.3, 0.4) is 0 Å². The van der Waals surface area contributed by atoms with Crippen molar-refractivity contribution in [2.45, 2.75) is 26.7 Å². The molecule has 0 aromatic carbocycles. The number of amides is 1. The molecule has 0 aliphatic carbocycles. The minimum atomic E-state index is 0.0902. The standard InChI is InChI=1S/C13H18ClNO2/c1-9-7-12(10(2)17-9)13(16)15-5-3-11(8-14)4-6-15/h7,11H,3-6,8H2,1-2H3. The maximum atomic E-state index is 12.3. The van der Waals surface area contributed by atoms with E-state index in [9.17, 15) is 4.79 Å². The number of piperidine rings is 1. The lowest BCUT2D eigenvalue weighted by molar-refractivity contribution is 0.0696. The average molecular weight is 256 g/mol. The van der Waals surface area contributed by atoms with Crippen molar-refractivity contribution in [3.05, 3.63) is 23.2 Å². The maximum Gasteiger partial charge on any atom is 0.257 e. The first-order chi connectivity index (χ1) is 8.11. The summed E-state index contributed by atoms with van der Waals surface area (Å²) >= 11 is 5.83. The van der Waals surface area contributed by atoms with Gasteiger partial charge in [-0.25, -0.2) is 0 Å². The van der Waals surface area contributed by atoms with E-state index in [1.165, 1.54) is 0 Å². The van der Waals surface area contributed by atoms with Crippen LogP contribution >= 0.6 is 11.6 Å². The summed E-state index contributed by atoms with van der Waals surface area (Å²) in [6, 6.07) is 1.82. The van der Waals surface area contributed by atoms with Crippen LogP contribution in [0.15, 0.2) is 10.5 Å². The molecule has 17 heavy (non-hydrogen) atoms. The Morgan fingerprint density at radius 3 is 2.59 bits per heavy atom. The van der Waals surface area contributed by atoms with Gasteiger partial charge in [0.25, 0.3) is 5.91 Å². The highest BCUT2D eigenvalue weighted by molar-refractivity contribution is 6.18. The largest absolute Gasteiger partial charge is 0.466 e. The fourth-order valence-electron chi connectivity index (χ4n) is 2.30. The highest BCUT2D eigenvalue weighted by atomic mass is 35.5. The molecule has 1 fully saturated rings. The molecule has 0 spiro atoms. The van der Waals surface area contributed by atoms with Crippen LogP contribution in [-0.4, -0.2) is 29.8 Å². The highest BCUT2D eigenvalue weighted by Gasteiger charge is 2.25. The summed E-state index contributed by atoms with van der Waals surface area (Å²) < 4.78 is 5.40. The fraction of sp³-hybridized carbons (Fsp3) is 0.615. The molecule has 0 N–H and O–H groups in total. The predicted octanol–water partition coefficient (Wildman–Crippen LogP) is 2.99. The van der Waals surface area contributed by atoms with Crippen molar-refractivity contribution >= 4 is 17.5 Å². The average Bonchev–Trinajstić information content (AvgIpc) is 2.68. The van der Waals surface area contributed by atoms with Crippen molar-refractivity contribution < 1.29 is 9.21 Å². The number of halogens is 1. The minimum Gasteiger partial charge on any atom is -0.466 e. The molecular formula is C13H18ClNO2. The molecule has 0 saturated carbocycles. The minimum absolute atomic E-state index is 0.0902. The van der Waals surface area contributed by atoms with Crippen LogP contribution in [0, 0.1) is 19.8 Å². The van der Waals surface area contributed by atoms with Gasteiger partial charge in [0.1, 0.15) is 11.5 Å². The monoisotopic (exact) mass is 255 g/mol. The molecule has 1 aromatic heterocycles. The Hall–Kier alpha value is -0.960. The molecule has 1 saturated heterocycles. The second kappa shape index (κ2) is 5.13. The fourth-order valence-corrected chi connectivity index (χ4v) is 2.61. The van der Waals surface area contributed by atoms with Gasteiger partial charge in [0.2, 0.25) is 0 Å². The number of hydrogen-bond acceptors (Lipinski definition) is 2. The summed E-state index contributed by atoms with van der Waals surface area (Å²) in [6.07, 6.45) is 2.01. The van der Waals surface area contributed by atoms with Gasteiger partial charge in [0.05, 0.1) is 5.56 Å². The van der Waals surface area contributed by atoms with E-state index in [-0.39, 0.29) is 5.91 Å². The van der Waals surface area contributed by atoms with E-state index in [2.05, 4.69) is 0 Å². The van der Waals surface area contributed by atoms with Crippen LogP contribution in [0.1, 0.15) is 34.7 Å². The lowest BCUT2D eigenvalue weighted by Crippen LogP contribution is -2.38. The smallest absolute Gasteiger partial charge is 0.257 e. The van der Waals surface area contributed by atoms with E-state index >= 15 is 0 Å². The zero-order valence-corrected chi connectivity index (χ0v) is 11.1. The van der Waals surface area contributed by atoms with Gasteiger partial charge in [-0.05, 0) is 38.7 Å².